The van der Waals surface area contributed by atoms with Crippen LogP contribution in [0.25, 0.3) is 0 Å². The van der Waals surface area contributed by atoms with Gasteiger partial charge in [0.25, 0.3) is 0 Å². The fraction of sp³-hybridized carbons (Fsp3) is 0.684. The first-order valence-electron chi connectivity index (χ1n) is 8.83. The maximum atomic E-state index is 3.81. The second kappa shape index (κ2) is 7.42. The molecule has 0 spiro atoms. The van der Waals surface area contributed by atoms with Crippen LogP contribution in [0.2, 0.25) is 0 Å². The van der Waals surface area contributed by atoms with E-state index in [4.69, 9.17) is 0 Å². The Morgan fingerprint density at radius 2 is 1.90 bits per heavy atom. The van der Waals surface area contributed by atoms with Gasteiger partial charge in [0.05, 0.1) is 0 Å². The van der Waals surface area contributed by atoms with Crippen molar-refractivity contribution in [1.29, 1.82) is 0 Å². The Bertz CT molecular complexity index is 417. The van der Waals surface area contributed by atoms with Crippen molar-refractivity contribution < 1.29 is 0 Å². The number of nitrogens with zero attached hydrogens (tertiary/aromatic N) is 1. The Morgan fingerprint density at radius 3 is 2.71 bits per heavy atom. The van der Waals surface area contributed by atoms with Gasteiger partial charge in [0.1, 0.15) is 0 Å². The highest BCUT2D eigenvalue weighted by molar-refractivity contribution is 5.20. The van der Waals surface area contributed by atoms with Crippen LogP contribution in [0.5, 0.6) is 0 Å². The fourth-order valence-corrected chi connectivity index (χ4v) is 4.06. The zero-order chi connectivity index (χ0) is 14.5. The molecule has 2 nitrogen and oxygen atoms in total. The number of rotatable bonds is 5. The molecule has 1 N–H and O–H groups in total. The summed E-state index contributed by atoms with van der Waals surface area (Å²) in [7, 11) is 0. The smallest absolute Gasteiger partial charge is 0.0107 e. The number of nitrogens with one attached hydrogen (secondary N) is 1. The van der Waals surface area contributed by atoms with Crippen LogP contribution >= 0.6 is 0 Å². The largest absolute Gasteiger partial charge is 0.312 e. The molecule has 0 amide bonds. The molecule has 1 aromatic rings. The first-order chi connectivity index (χ1) is 10.3. The van der Waals surface area contributed by atoms with Gasteiger partial charge in [-0.15, -0.1) is 0 Å². The van der Waals surface area contributed by atoms with Gasteiger partial charge in [-0.3, -0.25) is 0 Å². The third-order valence-electron chi connectivity index (χ3n) is 5.49. The van der Waals surface area contributed by atoms with Gasteiger partial charge in [-0.25, -0.2) is 0 Å². The van der Waals surface area contributed by atoms with Crippen LogP contribution in [0.15, 0.2) is 30.3 Å². The molecule has 1 aliphatic carbocycles. The highest BCUT2D eigenvalue weighted by atomic mass is 15.2. The van der Waals surface area contributed by atoms with Crippen molar-refractivity contribution in [3.63, 3.8) is 0 Å². The predicted molar refractivity (Wildman–Crippen MR) is 89.7 cm³/mol. The van der Waals surface area contributed by atoms with Crippen LogP contribution < -0.4 is 5.32 Å². The summed E-state index contributed by atoms with van der Waals surface area (Å²) < 4.78 is 0. The standard InChI is InChI=1S/C19H30N2/c1-16-7-5-6-10-19(16)20-12-14-21-13-11-18(15-21)17-8-3-2-4-9-17/h2-4,8-9,16,18-20H,5-7,10-15H2,1H3. The number of likely N-dealkylation sites (tertiary alicyclic amines) is 1. The van der Waals surface area contributed by atoms with Gasteiger partial charge in [-0.05, 0) is 43.2 Å². The second-order valence-corrected chi connectivity index (χ2v) is 7.02. The van der Waals surface area contributed by atoms with E-state index in [0.29, 0.717) is 0 Å². The van der Waals surface area contributed by atoms with Crippen LogP contribution in [0, 0.1) is 5.92 Å². The minimum absolute atomic E-state index is 0.750. The molecule has 1 aromatic carbocycles. The lowest BCUT2D eigenvalue weighted by Gasteiger charge is -2.30. The SMILES string of the molecule is CC1CCCCC1NCCN1CCC(c2ccccc2)C1. The van der Waals surface area contributed by atoms with Gasteiger partial charge < -0.3 is 10.2 Å². The first-order valence-corrected chi connectivity index (χ1v) is 8.83. The summed E-state index contributed by atoms with van der Waals surface area (Å²) in [6.45, 7) is 7.30. The lowest BCUT2D eigenvalue weighted by atomic mass is 9.86. The number of hydrogen-bond acceptors (Lipinski definition) is 2. The third kappa shape index (κ3) is 4.08. The van der Waals surface area contributed by atoms with Crippen molar-refractivity contribution in [2.45, 2.75) is 51.0 Å². The van der Waals surface area contributed by atoms with Crippen LogP contribution in [0.3, 0.4) is 0 Å². The van der Waals surface area contributed by atoms with Gasteiger partial charge in [0, 0.05) is 25.7 Å². The zero-order valence-electron chi connectivity index (χ0n) is 13.4. The average Bonchev–Trinajstić information content (AvgIpc) is 2.99. The predicted octanol–water partition coefficient (Wildman–Crippen LogP) is 3.64. The van der Waals surface area contributed by atoms with E-state index in [1.807, 2.05) is 0 Å². The van der Waals surface area contributed by atoms with Crippen molar-refractivity contribution in [2.75, 3.05) is 26.2 Å². The van der Waals surface area contributed by atoms with Gasteiger partial charge in [0.15, 0.2) is 0 Å². The van der Waals surface area contributed by atoms with Crippen molar-refractivity contribution in [3.8, 4) is 0 Å². The Balaban J connectivity index is 1.39. The van der Waals surface area contributed by atoms with E-state index in [9.17, 15) is 0 Å². The summed E-state index contributed by atoms with van der Waals surface area (Å²) >= 11 is 0. The molecule has 2 aliphatic rings. The minimum atomic E-state index is 0.750. The van der Waals surface area contributed by atoms with Crippen LogP contribution in [0.1, 0.15) is 50.5 Å². The molecule has 1 aliphatic heterocycles. The monoisotopic (exact) mass is 286 g/mol. The topological polar surface area (TPSA) is 15.3 Å². The van der Waals surface area contributed by atoms with E-state index in [1.54, 1.807) is 0 Å². The van der Waals surface area contributed by atoms with E-state index in [-0.39, 0.29) is 0 Å². The van der Waals surface area contributed by atoms with Crippen LogP contribution in [0.4, 0.5) is 0 Å². The van der Waals surface area contributed by atoms with Gasteiger partial charge in [0.2, 0.25) is 0 Å². The van der Waals surface area contributed by atoms with E-state index in [1.165, 1.54) is 57.3 Å². The molecule has 0 bridgehead atoms. The molecule has 3 unspecified atom stereocenters. The van der Waals surface area contributed by atoms with Gasteiger partial charge >= 0.3 is 0 Å². The van der Waals surface area contributed by atoms with Crippen molar-refractivity contribution >= 4 is 0 Å². The quantitative estimate of drug-likeness (QED) is 0.889. The number of benzene rings is 1. The summed E-state index contributed by atoms with van der Waals surface area (Å²) in [4.78, 5) is 2.64. The van der Waals surface area contributed by atoms with Crippen LogP contribution in [-0.2, 0) is 0 Å². The highest BCUT2D eigenvalue weighted by Gasteiger charge is 2.24. The molecular weight excluding hydrogens is 256 g/mol. The average molecular weight is 286 g/mol. The minimum Gasteiger partial charge on any atom is -0.312 e. The Kier molecular flexibility index (Phi) is 5.32. The molecule has 2 fully saturated rings. The Morgan fingerprint density at radius 1 is 1.10 bits per heavy atom. The molecule has 3 rings (SSSR count). The molecule has 1 saturated carbocycles. The zero-order valence-corrected chi connectivity index (χ0v) is 13.4. The fourth-order valence-electron chi connectivity index (χ4n) is 4.06. The molecule has 1 heterocycles. The maximum absolute atomic E-state index is 3.81. The Hall–Kier alpha value is -0.860. The number of hydrogen-bond donors (Lipinski definition) is 1. The van der Waals surface area contributed by atoms with Gasteiger partial charge in [-0.2, -0.15) is 0 Å². The lowest BCUT2D eigenvalue weighted by molar-refractivity contribution is 0.260. The van der Waals surface area contributed by atoms with E-state index >= 15 is 0 Å². The Labute approximate surface area is 129 Å². The summed E-state index contributed by atoms with van der Waals surface area (Å²) in [5.41, 5.74) is 1.52. The molecule has 116 valence electrons. The van der Waals surface area contributed by atoms with E-state index in [0.717, 1.165) is 24.4 Å². The molecule has 1 saturated heterocycles. The summed E-state index contributed by atoms with van der Waals surface area (Å²) in [5, 5.41) is 3.81. The highest BCUT2D eigenvalue weighted by Crippen LogP contribution is 2.27. The normalized spacial score (nSPS) is 30.6. The van der Waals surface area contributed by atoms with Crippen molar-refractivity contribution in [2.24, 2.45) is 5.92 Å². The summed E-state index contributed by atoms with van der Waals surface area (Å²) in [6, 6.07) is 11.8. The molecule has 3 atom stereocenters. The van der Waals surface area contributed by atoms with E-state index < -0.39 is 0 Å². The second-order valence-electron chi connectivity index (χ2n) is 7.02. The summed E-state index contributed by atoms with van der Waals surface area (Å²) in [6.07, 6.45) is 6.97. The molecule has 21 heavy (non-hydrogen) atoms. The molecule has 0 radical (unpaired) electrons. The molecule has 0 aromatic heterocycles. The lowest BCUT2D eigenvalue weighted by Crippen LogP contribution is -2.41. The maximum Gasteiger partial charge on any atom is 0.0107 e. The molecular formula is C19H30N2. The third-order valence-corrected chi connectivity index (χ3v) is 5.49. The van der Waals surface area contributed by atoms with Crippen molar-refractivity contribution in [3.05, 3.63) is 35.9 Å². The van der Waals surface area contributed by atoms with Gasteiger partial charge in [-0.1, -0.05) is 50.1 Å². The van der Waals surface area contributed by atoms with Crippen LogP contribution in [-0.4, -0.2) is 37.1 Å². The van der Waals surface area contributed by atoms with E-state index in [2.05, 4.69) is 47.5 Å². The summed E-state index contributed by atoms with van der Waals surface area (Å²) in [5.74, 6) is 1.62. The molecule has 2 heteroatoms. The first kappa shape index (κ1) is 15.1. The van der Waals surface area contributed by atoms with Crippen molar-refractivity contribution in [1.82, 2.24) is 10.2 Å².